The van der Waals surface area contributed by atoms with Gasteiger partial charge in [-0.05, 0) is 201 Å². The Morgan fingerprint density at radius 1 is 0.255 bits per heavy atom. The summed E-state index contributed by atoms with van der Waals surface area (Å²) in [5.74, 6) is -0.416. The van der Waals surface area contributed by atoms with E-state index in [0.717, 1.165) is 33.4 Å². The normalized spacial score (nSPS) is 10.6. The van der Waals surface area contributed by atoms with Crippen LogP contribution in [0.2, 0.25) is 0 Å². The van der Waals surface area contributed by atoms with Gasteiger partial charge in [-0.15, -0.1) is 0 Å². The zero-order chi connectivity index (χ0) is 37.7. The van der Waals surface area contributed by atoms with Crippen LogP contribution < -0.4 is 0 Å². The van der Waals surface area contributed by atoms with Gasteiger partial charge < -0.3 is 0 Å². The Balaban J connectivity index is 0.000000172. The lowest BCUT2D eigenvalue weighted by Gasteiger charge is -2.12. The summed E-state index contributed by atoms with van der Waals surface area (Å²) in [7, 11) is 0. The van der Waals surface area contributed by atoms with Crippen LogP contribution in [0.25, 0.3) is 33.4 Å². The predicted octanol–water partition coefficient (Wildman–Crippen LogP) is 14.2. The van der Waals surface area contributed by atoms with Gasteiger partial charge in [0.25, 0.3) is 0 Å². The minimum atomic E-state index is -0.139. The first-order valence-corrected chi connectivity index (χ1v) is 17.5. The average Bonchev–Trinajstić information content (AvgIpc) is 3.10. The van der Waals surface area contributed by atoms with Crippen LogP contribution in [0.15, 0.2) is 91.0 Å². The minimum absolute atomic E-state index is 0.139. The van der Waals surface area contributed by atoms with E-state index < -0.39 is 0 Å². The molecule has 0 unspecified atom stereocenters. The van der Waals surface area contributed by atoms with Crippen molar-refractivity contribution >= 4 is 0 Å². The average molecular weight is 685 g/mol. The van der Waals surface area contributed by atoms with E-state index in [2.05, 4.69) is 98.7 Å². The quantitative estimate of drug-likeness (QED) is 0.174. The molecule has 0 aromatic heterocycles. The van der Waals surface area contributed by atoms with Gasteiger partial charge >= 0.3 is 0 Å². The maximum Gasteiger partial charge on any atom is 0.126 e. The number of hydrogen-bond donors (Lipinski definition) is 0. The van der Waals surface area contributed by atoms with Crippen molar-refractivity contribution in [3.05, 3.63) is 175 Å². The van der Waals surface area contributed by atoms with E-state index >= 15 is 0 Å². The van der Waals surface area contributed by atoms with Crippen molar-refractivity contribution in [3.63, 3.8) is 0 Å². The third-order valence-electron chi connectivity index (χ3n) is 10.6. The second kappa shape index (κ2) is 16.4. The number of hydrogen-bond acceptors (Lipinski definition) is 0. The zero-order valence-corrected chi connectivity index (χ0v) is 32.3. The Kier molecular flexibility index (Phi) is 12.5. The molecule has 0 radical (unpaired) electrons. The summed E-state index contributed by atoms with van der Waals surface area (Å²) < 4.78 is 40.7. The Labute approximate surface area is 304 Å². The van der Waals surface area contributed by atoms with Gasteiger partial charge in [0.15, 0.2) is 0 Å². The van der Waals surface area contributed by atoms with Gasteiger partial charge in [-0.2, -0.15) is 0 Å². The molecule has 6 rings (SSSR count). The summed E-state index contributed by atoms with van der Waals surface area (Å²) in [5, 5.41) is 0. The fraction of sp³-hybridized carbons (Fsp3) is 0.250. The molecule has 0 spiro atoms. The maximum absolute atomic E-state index is 13.6. The summed E-state index contributed by atoms with van der Waals surface area (Å²) in [6.07, 6.45) is 0. The second-order valence-electron chi connectivity index (χ2n) is 13.9. The highest BCUT2D eigenvalue weighted by atomic mass is 19.1. The summed E-state index contributed by atoms with van der Waals surface area (Å²) in [5.41, 5.74) is 19.6. The molecular formula is C48H51F3. The summed E-state index contributed by atoms with van der Waals surface area (Å²) in [6, 6.07) is 28.8. The summed E-state index contributed by atoms with van der Waals surface area (Å²) in [6.45, 7) is 24.3. The first-order chi connectivity index (χ1) is 24.0. The largest absolute Gasteiger partial charge is 0.207 e. The maximum atomic E-state index is 13.6. The molecule has 0 N–H and O–H groups in total. The van der Waals surface area contributed by atoms with Gasteiger partial charge in [0.2, 0.25) is 0 Å². The van der Waals surface area contributed by atoms with Gasteiger partial charge in [-0.1, -0.05) is 72.8 Å². The Morgan fingerprint density at radius 3 is 0.686 bits per heavy atom. The first-order valence-electron chi connectivity index (χ1n) is 17.5. The van der Waals surface area contributed by atoms with E-state index in [1.54, 1.807) is 39.0 Å². The fourth-order valence-electron chi connectivity index (χ4n) is 6.09. The van der Waals surface area contributed by atoms with Crippen LogP contribution in [-0.2, 0) is 0 Å². The van der Waals surface area contributed by atoms with Gasteiger partial charge in [0.1, 0.15) is 17.5 Å². The van der Waals surface area contributed by atoms with Crippen LogP contribution in [0, 0.1) is 101 Å². The highest BCUT2D eigenvalue weighted by Gasteiger charge is 2.10. The fourth-order valence-corrected chi connectivity index (χ4v) is 6.09. The van der Waals surface area contributed by atoms with Crippen molar-refractivity contribution in [2.75, 3.05) is 0 Å². The van der Waals surface area contributed by atoms with Crippen LogP contribution in [-0.4, -0.2) is 0 Å². The molecule has 0 aliphatic heterocycles. The molecule has 0 saturated carbocycles. The molecule has 264 valence electrons. The molecule has 6 aromatic rings. The lowest BCUT2D eigenvalue weighted by atomic mass is 9.94. The van der Waals surface area contributed by atoms with Gasteiger partial charge in [-0.25, -0.2) is 13.2 Å². The van der Waals surface area contributed by atoms with E-state index in [1.807, 2.05) is 36.4 Å². The van der Waals surface area contributed by atoms with Gasteiger partial charge in [0.05, 0.1) is 0 Å². The molecule has 0 saturated heterocycles. The number of halogens is 3. The lowest BCUT2D eigenvalue weighted by molar-refractivity contribution is 0.618. The first kappa shape index (κ1) is 38.9. The molecular weight excluding hydrogens is 634 g/mol. The number of aryl methyl sites for hydroxylation is 6. The summed E-state index contributed by atoms with van der Waals surface area (Å²) >= 11 is 0. The molecule has 0 nitrogen and oxygen atoms in total. The molecule has 0 bridgehead atoms. The molecule has 6 aromatic carbocycles. The van der Waals surface area contributed by atoms with Crippen LogP contribution in [0.1, 0.15) is 66.8 Å². The molecule has 51 heavy (non-hydrogen) atoms. The topological polar surface area (TPSA) is 0 Å². The van der Waals surface area contributed by atoms with E-state index in [-0.39, 0.29) is 17.5 Å². The molecule has 0 aliphatic carbocycles. The Morgan fingerprint density at radius 2 is 0.471 bits per heavy atom. The van der Waals surface area contributed by atoms with Crippen molar-refractivity contribution in [1.82, 2.24) is 0 Å². The van der Waals surface area contributed by atoms with Crippen molar-refractivity contribution < 1.29 is 13.2 Å². The lowest BCUT2D eigenvalue weighted by Crippen LogP contribution is -1.92. The van der Waals surface area contributed by atoms with Crippen molar-refractivity contribution in [1.29, 1.82) is 0 Å². The molecule has 0 atom stereocenters. The smallest absolute Gasteiger partial charge is 0.126 e. The standard InChI is InChI=1S/3C16H17F/c3*1-10-6-8-15(13(4)12(10)3)14-7-5-11(2)16(17)9-14/h3*5-9H,1-4H3. The highest BCUT2D eigenvalue weighted by molar-refractivity contribution is 5.71. The molecule has 0 fully saturated rings. The van der Waals surface area contributed by atoms with Crippen LogP contribution >= 0.6 is 0 Å². The van der Waals surface area contributed by atoms with E-state index in [0.29, 0.717) is 16.7 Å². The van der Waals surface area contributed by atoms with E-state index in [4.69, 9.17) is 0 Å². The van der Waals surface area contributed by atoms with Crippen molar-refractivity contribution in [2.24, 2.45) is 0 Å². The van der Waals surface area contributed by atoms with Crippen LogP contribution in [0.3, 0.4) is 0 Å². The van der Waals surface area contributed by atoms with Crippen molar-refractivity contribution in [2.45, 2.75) is 83.1 Å². The highest BCUT2D eigenvalue weighted by Crippen LogP contribution is 2.31. The van der Waals surface area contributed by atoms with Gasteiger partial charge in [0, 0.05) is 0 Å². The van der Waals surface area contributed by atoms with Crippen LogP contribution in [0.4, 0.5) is 13.2 Å². The minimum Gasteiger partial charge on any atom is -0.207 e. The van der Waals surface area contributed by atoms with Crippen molar-refractivity contribution in [3.8, 4) is 33.4 Å². The Hall–Kier alpha value is -4.89. The summed E-state index contributed by atoms with van der Waals surface area (Å²) in [4.78, 5) is 0. The molecule has 0 aliphatic rings. The molecule has 0 amide bonds. The number of rotatable bonds is 3. The van der Waals surface area contributed by atoms with Crippen LogP contribution in [0.5, 0.6) is 0 Å². The van der Waals surface area contributed by atoms with Gasteiger partial charge in [-0.3, -0.25) is 0 Å². The zero-order valence-electron chi connectivity index (χ0n) is 32.3. The van der Waals surface area contributed by atoms with E-state index in [1.165, 1.54) is 50.1 Å². The predicted molar refractivity (Wildman–Crippen MR) is 212 cm³/mol. The van der Waals surface area contributed by atoms with E-state index in [9.17, 15) is 13.2 Å². The Bertz CT molecular complexity index is 1950. The molecule has 0 heterocycles. The third kappa shape index (κ3) is 8.89. The second-order valence-corrected chi connectivity index (χ2v) is 13.9. The number of benzene rings is 6. The molecule has 3 heteroatoms. The third-order valence-corrected chi connectivity index (χ3v) is 10.6. The monoisotopic (exact) mass is 684 g/mol. The SMILES string of the molecule is Cc1ccc(-c2ccc(C)c(C)c2C)cc1F.Cc1ccc(-c2ccc(C)c(C)c2C)cc1F.Cc1ccc(-c2ccc(C)c(C)c2C)cc1F.